The SMILES string of the molecule is COCCc1noc(/C=C/c2ccc(OC)c(OC)c2)n1. The smallest absolute Gasteiger partial charge is 0.250 e. The minimum atomic E-state index is 0.455. The van der Waals surface area contributed by atoms with Crippen LogP contribution in [0.5, 0.6) is 11.5 Å². The molecule has 0 atom stereocenters. The lowest BCUT2D eigenvalue weighted by Crippen LogP contribution is -1.95. The number of benzene rings is 1. The van der Waals surface area contributed by atoms with Crippen molar-refractivity contribution >= 4 is 12.2 Å². The molecule has 1 aromatic carbocycles. The highest BCUT2D eigenvalue weighted by molar-refractivity contribution is 5.67. The lowest BCUT2D eigenvalue weighted by atomic mass is 10.2. The van der Waals surface area contributed by atoms with Gasteiger partial charge in [0.15, 0.2) is 17.3 Å². The van der Waals surface area contributed by atoms with Gasteiger partial charge in [-0.05, 0) is 23.8 Å². The number of rotatable bonds is 7. The minimum absolute atomic E-state index is 0.455. The molecular formula is C15H18N2O4. The zero-order valence-corrected chi connectivity index (χ0v) is 12.3. The Morgan fingerprint density at radius 1 is 1.10 bits per heavy atom. The Kier molecular flexibility index (Phi) is 5.34. The zero-order valence-electron chi connectivity index (χ0n) is 12.3. The summed E-state index contributed by atoms with van der Waals surface area (Å²) in [5.74, 6) is 2.44. The lowest BCUT2D eigenvalue weighted by molar-refractivity contribution is 0.199. The predicted octanol–water partition coefficient (Wildman–Crippen LogP) is 2.45. The van der Waals surface area contributed by atoms with E-state index >= 15 is 0 Å². The van der Waals surface area contributed by atoms with E-state index in [4.69, 9.17) is 18.7 Å². The summed E-state index contributed by atoms with van der Waals surface area (Å²) in [6, 6.07) is 5.63. The zero-order chi connectivity index (χ0) is 15.1. The molecular weight excluding hydrogens is 272 g/mol. The number of aromatic nitrogens is 2. The second-order valence-corrected chi connectivity index (χ2v) is 4.24. The third-order valence-corrected chi connectivity index (χ3v) is 2.84. The van der Waals surface area contributed by atoms with Crippen LogP contribution in [0.1, 0.15) is 17.3 Å². The predicted molar refractivity (Wildman–Crippen MR) is 78.4 cm³/mol. The number of hydrogen-bond acceptors (Lipinski definition) is 6. The minimum Gasteiger partial charge on any atom is -0.493 e. The van der Waals surface area contributed by atoms with Crippen molar-refractivity contribution in [3.63, 3.8) is 0 Å². The first-order valence-electron chi connectivity index (χ1n) is 6.48. The maximum atomic E-state index is 5.25. The Labute approximate surface area is 123 Å². The van der Waals surface area contributed by atoms with E-state index in [1.165, 1.54) is 0 Å². The van der Waals surface area contributed by atoms with Crippen LogP contribution in [0.3, 0.4) is 0 Å². The Balaban J connectivity index is 2.08. The maximum absolute atomic E-state index is 5.25. The topological polar surface area (TPSA) is 66.6 Å². The summed E-state index contributed by atoms with van der Waals surface area (Å²) in [5, 5.41) is 3.87. The molecule has 2 aromatic rings. The molecule has 21 heavy (non-hydrogen) atoms. The summed E-state index contributed by atoms with van der Waals surface area (Å²) in [5.41, 5.74) is 0.948. The van der Waals surface area contributed by atoms with Gasteiger partial charge in [0.1, 0.15) is 0 Å². The Morgan fingerprint density at radius 3 is 2.62 bits per heavy atom. The Morgan fingerprint density at radius 2 is 1.90 bits per heavy atom. The summed E-state index contributed by atoms with van der Waals surface area (Å²) in [6.45, 7) is 0.568. The van der Waals surface area contributed by atoms with Crippen molar-refractivity contribution in [2.75, 3.05) is 27.9 Å². The van der Waals surface area contributed by atoms with Gasteiger partial charge in [0.2, 0.25) is 0 Å². The normalized spacial score (nSPS) is 11.0. The van der Waals surface area contributed by atoms with E-state index in [0.29, 0.717) is 36.2 Å². The van der Waals surface area contributed by atoms with Crippen molar-refractivity contribution in [2.24, 2.45) is 0 Å². The molecule has 6 heteroatoms. The number of ether oxygens (including phenoxy) is 3. The molecule has 0 aliphatic carbocycles. The first-order chi connectivity index (χ1) is 10.3. The van der Waals surface area contributed by atoms with Gasteiger partial charge < -0.3 is 18.7 Å². The fourth-order valence-corrected chi connectivity index (χ4v) is 1.75. The van der Waals surface area contributed by atoms with Crippen molar-refractivity contribution in [1.29, 1.82) is 0 Å². The van der Waals surface area contributed by atoms with Crippen molar-refractivity contribution in [3.8, 4) is 11.5 Å². The highest BCUT2D eigenvalue weighted by Gasteiger charge is 2.05. The molecule has 0 radical (unpaired) electrons. The fraction of sp³-hybridized carbons (Fsp3) is 0.333. The van der Waals surface area contributed by atoms with Gasteiger partial charge in [0.25, 0.3) is 5.89 Å². The first-order valence-corrected chi connectivity index (χ1v) is 6.48. The standard InChI is InChI=1S/C15H18N2O4/c1-18-9-8-14-16-15(21-17-14)7-5-11-4-6-12(19-2)13(10-11)20-3/h4-7,10H,8-9H2,1-3H3/b7-5+. The monoisotopic (exact) mass is 290 g/mol. The molecule has 112 valence electrons. The number of nitrogens with zero attached hydrogens (tertiary/aromatic N) is 2. The molecule has 0 saturated heterocycles. The van der Waals surface area contributed by atoms with E-state index < -0.39 is 0 Å². The molecule has 1 aromatic heterocycles. The average Bonchev–Trinajstić information content (AvgIpc) is 2.98. The third kappa shape index (κ3) is 4.06. The van der Waals surface area contributed by atoms with Gasteiger partial charge in [-0.15, -0.1) is 0 Å². The second kappa shape index (κ2) is 7.44. The molecule has 0 bridgehead atoms. The molecule has 1 heterocycles. The average molecular weight is 290 g/mol. The molecule has 0 unspecified atom stereocenters. The van der Waals surface area contributed by atoms with Crippen molar-refractivity contribution in [1.82, 2.24) is 10.1 Å². The van der Waals surface area contributed by atoms with Crippen LogP contribution in [0.15, 0.2) is 22.7 Å². The summed E-state index contributed by atoms with van der Waals surface area (Å²) in [7, 11) is 4.84. The molecule has 0 N–H and O–H groups in total. The summed E-state index contributed by atoms with van der Waals surface area (Å²) < 4.78 is 20.5. The van der Waals surface area contributed by atoms with Gasteiger partial charge in [0.05, 0.1) is 20.8 Å². The van der Waals surface area contributed by atoms with E-state index in [9.17, 15) is 0 Å². The van der Waals surface area contributed by atoms with Crippen LogP contribution in [0.4, 0.5) is 0 Å². The largest absolute Gasteiger partial charge is 0.493 e. The van der Waals surface area contributed by atoms with Crippen LogP contribution >= 0.6 is 0 Å². The second-order valence-electron chi connectivity index (χ2n) is 4.24. The van der Waals surface area contributed by atoms with Crippen molar-refractivity contribution in [3.05, 3.63) is 35.5 Å². The summed E-state index contributed by atoms with van der Waals surface area (Å²) >= 11 is 0. The van der Waals surface area contributed by atoms with Crippen LogP contribution in [0, 0.1) is 0 Å². The molecule has 0 aliphatic rings. The first kappa shape index (κ1) is 15.1. The maximum Gasteiger partial charge on any atom is 0.250 e. The Bertz CT molecular complexity index is 607. The van der Waals surface area contributed by atoms with E-state index in [-0.39, 0.29) is 0 Å². The van der Waals surface area contributed by atoms with Gasteiger partial charge in [0, 0.05) is 19.6 Å². The van der Waals surface area contributed by atoms with Gasteiger partial charge in [-0.3, -0.25) is 0 Å². The van der Waals surface area contributed by atoms with Gasteiger partial charge >= 0.3 is 0 Å². The lowest BCUT2D eigenvalue weighted by Gasteiger charge is -2.07. The molecule has 0 spiro atoms. The van der Waals surface area contributed by atoms with Gasteiger partial charge in [-0.1, -0.05) is 11.2 Å². The molecule has 0 fully saturated rings. The van der Waals surface area contributed by atoms with E-state index in [0.717, 1.165) is 5.56 Å². The summed E-state index contributed by atoms with van der Waals surface area (Å²) in [6.07, 6.45) is 4.25. The van der Waals surface area contributed by atoms with Crippen LogP contribution in [-0.2, 0) is 11.2 Å². The number of hydrogen-bond donors (Lipinski definition) is 0. The molecule has 2 rings (SSSR count). The fourth-order valence-electron chi connectivity index (χ4n) is 1.75. The van der Waals surface area contributed by atoms with Crippen molar-refractivity contribution in [2.45, 2.75) is 6.42 Å². The summed E-state index contributed by atoms with van der Waals surface area (Å²) in [4.78, 5) is 4.24. The number of methoxy groups -OCH3 is 3. The van der Waals surface area contributed by atoms with E-state index in [1.807, 2.05) is 24.3 Å². The third-order valence-electron chi connectivity index (χ3n) is 2.84. The van der Waals surface area contributed by atoms with E-state index in [2.05, 4.69) is 10.1 Å². The van der Waals surface area contributed by atoms with Crippen molar-refractivity contribution < 1.29 is 18.7 Å². The van der Waals surface area contributed by atoms with Gasteiger partial charge in [-0.2, -0.15) is 4.98 Å². The molecule has 6 nitrogen and oxygen atoms in total. The highest BCUT2D eigenvalue weighted by Crippen LogP contribution is 2.28. The van der Waals surface area contributed by atoms with Crippen LogP contribution in [0.25, 0.3) is 12.2 Å². The van der Waals surface area contributed by atoms with Crippen LogP contribution in [0.2, 0.25) is 0 Å². The molecule has 0 amide bonds. The van der Waals surface area contributed by atoms with Crippen LogP contribution < -0.4 is 9.47 Å². The molecule has 0 saturated carbocycles. The van der Waals surface area contributed by atoms with Gasteiger partial charge in [-0.25, -0.2) is 0 Å². The van der Waals surface area contributed by atoms with Crippen LogP contribution in [-0.4, -0.2) is 38.1 Å². The Hall–Kier alpha value is -2.34. The highest BCUT2D eigenvalue weighted by atomic mass is 16.5. The quantitative estimate of drug-likeness (QED) is 0.780. The molecule has 0 aliphatic heterocycles. The van der Waals surface area contributed by atoms with E-state index in [1.54, 1.807) is 27.4 Å².